The third-order valence-corrected chi connectivity index (χ3v) is 5.05. The molecule has 1 unspecified atom stereocenters. The Bertz CT molecular complexity index is 760. The number of pyridine rings is 1. The summed E-state index contributed by atoms with van der Waals surface area (Å²) in [7, 11) is 0. The summed E-state index contributed by atoms with van der Waals surface area (Å²) in [5, 5.41) is 16.8. The number of aliphatic hydroxyl groups excluding tert-OH is 1. The number of nitrogens with one attached hydrogen (secondary N) is 2. The summed E-state index contributed by atoms with van der Waals surface area (Å²) in [6.07, 6.45) is 6.94. The maximum atomic E-state index is 10.3. The molecular formula is C23H32N4O2. The van der Waals surface area contributed by atoms with E-state index in [4.69, 9.17) is 4.74 Å². The number of rotatable bonds is 9. The molecule has 156 valence electrons. The fourth-order valence-corrected chi connectivity index (χ4v) is 3.47. The van der Waals surface area contributed by atoms with Crippen molar-refractivity contribution in [1.29, 1.82) is 0 Å². The van der Waals surface area contributed by atoms with Crippen LogP contribution in [0, 0.1) is 0 Å². The van der Waals surface area contributed by atoms with Gasteiger partial charge in [-0.25, -0.2) is 9.98 Å². The molecule has 1 aromatic heterocycles. The number of hydrogen-bond acceptors (Lipinski definition) is 4. The van der Waals surface area contributed by atoms with Gasteiger partial charge in [-0.1, -0.05) is 30.3 Å². The number of ether oxygens (including phenoxy) is 1. The second-order valence-corrected chi connectivity index (χ2v) is 7.36. The predicted octanol–water partition coefficient (Wildman–Crippen LogP) is 3.58. The third-order valence-electron chi connectivity index (χ3n) is 5.05. The first kappa shape index (κ1) is 21.1. The highest BCUT2D eigenvalue weighted by Crippen LogP contribution is 2.23. The molecule has 1 aliphatic rings. The summed E-state index contributed by atoms with van der Waals surface area (Å²) in [5.74, 6) is 1.43. The number of hydrogen-bond donors (Lipinski definition) is 3. The Balaban J connectivity index is 1.50. The molecule has 1 aromatic carbocycles. The first-order valence-corrected chi connectivity index (χ1v) is 10.6. The largest absolute Gasteiger partial charge is 0.474 e. The molecule has 0 spiro atoms. The first-order valence-electron chi connectivity index (χ1n) is 10.6. The Labute approximate surface area is 173 Å². The van der Waals surface area contributed by atoms with Gasteiger partial charge in [0.25, 0.3) is 0 Å². The van der Waals surface area contributed by atoms with Crippen LogP contribution in [-0.4, -0.2) is 35.2 Å². The van der Waals surface area contributed by atoms with Crippen molar-refractivity contribution in [1.82, 2.24) is 15.6 Å². The van der Waals surface area contributed by atoms with E-state index in [2.05, 4.69) is 20.6 Å². The van der Waals surface area contributed by atoms with Crippen molar-refractivity contribution in [3.05, 3.63) is 59.8 Å². The van der Waals surface area contributed by atoms with Crippen molar-refractivity contribution >= 4 is 5.96 Å². The highest BCUT2D eigenvalue weighted by atomic mass is 16.5. The van der Waals surface area contributed by atoms with Crippen LogP contribution in [0.2, 0.25) is 0 Å². The van der Waals surface area contributed by atoms with Gasteiger partial charge in [0, 0.05) is 25.4 Å². The van der Waals surface area contributed by atoms with Crippen LogP contribution >= 0.6 is 0 Å². The van der Waals surface area contributed by atoms with E-state index >= 15 is 0 Å². The van der Waals surface area contributed by atoms with Crippen LogP contribution in [0.25, 0.3) is 0 Å². The van der Waals surface area contributed by atoms with Gasteiger partial charge in [0.15, 0.2) is 5.96 Å². The van der Waals surface area contributed by atoms with Crippen LogP contribution in [0.15, 0.2) is 53.7 Å². The highest BCUT2D eigenvalue weighted by molar-refractivity contribution is 5.79. The van der Waals surface area contributed by atoms with Gasteiger partial charge in [0.2, 0.25) is 5.88 Å². The lowest BCUT2D eigenvalue weighted by Gasteiger charge is -2.15. The lowest BCUT2D eigenvalue weighted by atomic mass is 10.1. The zero-order chi connectivity index (χ0) is 20.3. The van der Waals surface area contributed by atoms with Crippen molar-refractivity contribution in [2.24, 2.45) is 4.99 Å². The van der Waals surface area contributed by atoms with Crippen LogP contribution in [0.1, 0.15) is 56.3 Å². The average Bonchev–Trinajstić information content (AvgIpc) is 3.26. The number of nitrogens with zero attached hydrogens (tertiary/aromatic N) is 2. The third kappa shape index (κ3) is 7.06. The fraction of sp³-hybridized carbons (Fsp3) is 0.478. The summed E-state index contributed by atoms with van der Waals surface area (Å²) in [6, 6.07) is 13.7. The molecule has 2 aromatic rings. The van der Waals surface area contributed by atoms with Crippen molar-refractivity contribution in [2.45, 2.75) is 57.8 Å². The Kier molecular flexibility index (Phi) is 8.31. The van der Waals surface area contributed by atoms with Crippen molar-refractivity contribution in [2.75, 3.05) is 13.1 Å². The molecule has 0 amide bonds. The van der Waals surface area contributed by atoms with Crippen LogP contribution in [-0.2, 0) is 6.54 Å². The number of aliphatic imine (C=N–C) groups is 1. The molecule has 0 saturated heterocycles. The molecule has 6 nitrogen and oxygen atoms in total. The topological polar surface area (TPSA) is 78.8 Å². The Hall–Kier alpha value is -2.60. The van der Waals surface area contributed by atoms with Crippen molar-refractivity contribution < 1.29 is 9.84 Å². The van der Waals surface area contributed by atoms with E-state index in [1.807, 2.05) is 49.4 Å². The number of aliphatic hydroxyl groups is 1. The summed E-state index contributed by atoms with van der Waals surface area (Å²) in [4.78, 5) is 8.99. The van der Waals surface area contributed by atoms with Gasteiger partial charge in [0.05, 0.1) is 12.6 Å². The monoisotopic (exact) mass is 396 g/mol. The van der Waals surface area contributed by atoms with Gasteiger partial charge in [-0.3, -0.25) is 0 Å². The van der Waals surface area contributed by atoms with Gasteiger partial charge in [-0.05, 0) is 56.2 Å². The second-order valence-electron chi connectivity index (χ2n) is 7.36. The van der Waals surface area contributed by atoms with Crippen LogP contribution in [0.3, 0.4) is 0 Å². The van der Waals surface area contributed by atoms with Crippen LogP contribution in [0.4, 0.5) is 0 Å². The molecule has 1 heterocycles. The Morgan fingerprint density at radius 3 is 2.76 bits per heavy atom. The minimum absolute atomic E-state index is 0.302. The van der Waals surface area contributed by atoms with E-state index in [1.165, 1.54) is 12.8 Å². The minimum atomic E-state index is -0.484. The molecule has 1 fully saturated rings. The van der Waals surface area contributed by atoms with Crippen LogP contribution < -0.4 is 15.4 Å². The first-order chi connectivity index (χ1) is 14.2. The Morgan fingerprint density at radius 2 is 2.00 bits per heavy atom. The maximum absolute atomic E-state index is 10.3. The van der Waals surface area contributed by atoms with Crippen molar-refractivity contribution in [3.63, 3.8) is 0 Å². The summed E-state index contributed by atoms with van der Waals surface area (Å²) in [6.45, 7) is 3.99. The fourth-order valence-electron chi connectivity index (χ4n) is 3.47. The average molecular weight is 397 g/mol. The normalized spacial score (nSPS) is 15.9. The smallest absolute Gasteiger partial charge is 0.213 e. The van der Waals surface area contributed by atoms with Crippen LogP contribution in [0.5, 0.6) is 5.88 Å². The minimum Gasteiger partial charge on any atom is -0.474 e. The van der Waals surface area contributed by atoms with E-state index < -0.39 is 6.10 Å². The van der Waals surface area contributed by atoms with E-state index in [0.717, 1.165) is 36.5 Å². The van der Waals surface area contributed by atoms with E-state index in [1.54, 1.807) is 6.20 Å². The zero-order valence-corrected chi connectivity index (χ0v) is 17.2. The van der Waals surface area contributed by atoms with Gasteiger partial charge >= 0.3 is 0 Å². The van der Waals surface area contributed by atoms with Gasteiger partial charge in [0.1, 0.15) is 6.10 Å². The molecule has 1 aliphatic carbocycles. The summed E-state index contributed by atoms with van der Waals surface area (Å²) >= 11 is 0. The molecule has 29 heavy (non-hydrogen) atoms. The standard InChI is InChI=1S/C23H32N4O2/c1-2-24-23(26-15-13-21(28)19-8-4-3-5-9-19)27-17-18-12-14-25-22(16-18)29-20-10-6-7-11-20/h3-5,8-9,12,14,16,20-21,28H,2,6-7,10-11,13,15,17H2,1H3,(H2,24,26,27). The maximum Gasteiger partial charge on any atom is 0.213 e. The summed E-state index contributed by atoms with van der Waals surface area (Å²) in [5.41, 5.74) is 2.00. The van der Waals surface area contributed by atoms with Gasteiger partial charge in [-0.2, -0.15) is 0 Å². The highest BCUT2D eigenvalue weighted by Gasteiger charge is 2.17. The van der Waals surface area contributed by atoms with E-state index in [9.17, 15) is 5.11 Å². The quantitative estimate of drug-likeness (QED) is 0.446. The van der Waals surface area contributed by atoms with Gasteiger partial charge in [-0.15, -0.1) is 0 Å². The predicted molar refractivity (Wildman–Crippen MR) is 116 cm³/mol. The van der Waals surface area contributed by atoms with Gasteiger partial charge < -0.3 is 20.5 Å². The molecule has 1 saturated carbocycles. The lowest BCUT2D eigenvalue weighted by molar-refractivity contribution is 0.168. The molecule has 1 atom stereocenters. The second kappa shape index (κ2) is 11.4. The molecule has 0 radical (unpaired) electrons. The lowest BCUT2D eigenvalue weighted by Crippen LogP contribution is -2.38. The molecule has 3 rings (SSSR count). The molecule has 3 N–H and O–H groups in total. The number of benzene rings is 1. The number of aromatic nitrogens is 1. The molecule has 6 heteroatoms. The molecular weight excluding hydrogens is 364 g/mol. The Morgan fingerprint density at radius 1 is 1.21 bits per heavy atom. The SMILES string of the molecule is CCNC(=NCc1ccnc(OC2CCCC2)c1)NCCC(O)c1ccccc1. The van der Waals surface area contributed by atoms with E-state index in [-0.39, 0.29) is 0 Å². The molecule has 0 aliphatic heterocycles. The summed E-state index contributed by atoms with van der Waals surface area (Å²) < 4.78 is 5.98. The van der Waals surface area contributed by atoms with E-state index in [0.29, 0.717) is 31.5 Å². The van der Waals surface area contributed by atoms with Crippen molar-refractivity contribution in [3.8, 4) is 5.88 Å². The molecule has 0 bridgehead atoms. The number of guanidine groups is 1. The zero-order valence-electron chi connectivity index (χ0n) is 17.2.